The molecular formula is C31H30N4O4. The molecule has 0 aliphatic carbocycles. The van der Waals surface area contributed by atoms with Gasteiger partial charge in [-0.2, -0.15) is 5.26 Å². The highest BCUT2D eigenvalue weighted by Crippen LogP contribution is 2.20. The van der Waals surface area contributed by atoms with Gasteiger partial charge in [-0.1, -0.05) is 47.5 Å². The van der Waals surface area contributed by atoms with Crippen LogP contribution in [0.2, 0.25) is 0 Å². The summed E-state index contributed by atoms with van der Waals surface area (Å²) < 4.78 is 0. The third kappa shape index (κ3) is 6.33. The van der Waals surface area contributed by atoms with Gasteiger partial charge in [0, 0.05) is 42.6 Å². The van der Waals surface area contributed by atoms with E-state index in [1.807, 2.05) is 44.2 Å². The molecule has 1 heterocycles. The van der Waals surface area contributed by atoms with Gasteiger partial charge in [-0.25, -0.2) is 4.79 Å². The van der Waals surface area contributed by atoms with Gasteiger partial charge in [0.2, 0.25) is 5.91 Å². The maximum absolute atomic E-state index is 13.7. The molecule has 3 N–H and O–H groups in total. The smallest absolute Gasteiger partial charge is 0.326 e. The number of carboxylic acids is 1. The second-order valence-electron chi connectivity index (χ2n) is 9.78. The second kappa shape index (κ2) is 11.7. The first kappa shape index (κ1) is 27.1. The highest BCUT2D eigenvalue weighted by Gasteiger charge is 2.31. The Kier molecular flexibility index (Phi) is 8.11. The molecule has 0 bridgehead atoms. The van der Waals surface area contributed by atoms with Crippen LogP contribution in [0.1, 0.15) is 38.2 Å². The van der Waals surface area contributed by atoms with Gasteiger partial charge in [-0.3, -0.25) is 9.59 Å². The Morgan fingerprint density at radius 2 is 1.67 bits per heavy atom. The monoisotopic (exact) mass is 522 g/mol. The van der Waals surface area contributed by atoms with Crippen LogP contribution in [0.25, 0.3) is 10.9 Å². The van der Waals surface area contributed by atoms with Crippen LogP contribution in [0.3, 0.4) is 0 Å². The number of benzene rings is 3. The summed E-state index contributed by atoms with van der Waals surface area (Å²) in [7, 11) is 1.54. The quantitative estimate of drug-likeness (QED) is 0.304. The van der Waals surface area contributed by atoms with Gasteiger partial charge in [-0.15, -0.1) is 0 Å². The van der Waals surface area contributed by atoms with Gasteiger partial charge in [-0.05, 0) is 55.3 Å². The molecule has 3 aromatic carbocycles. The number of aliphatic carboxylic acids is 1. The first-order chi connectivity index (χ1) is 18.7. The largest absolute Gasteiger partial charge is 0.480 e. The van der Waals surface area contributed by atoms with Crippen molar-refractivity contribution in [3.05, 3.63) is 106 Å². The van der Waals surface area contributed by atoms with E-state index < -0.39 is 24.0 Å². The fraction of sp³-hybridized carbons (Fsp3) is 0.226. The lowest BCUT2D eigenvalue weighted by Gasteiger charge is -2.29. The SMILES string of the molecule is Cc1cc(C)cc(C(=O)N(C)[C@@H](Cc2ccc(C#N)cc2)C(=O)N[C@@H](Cc2c[nH]c3ccccc23)C(=O)O)c1. The number of para-hydroxylation sites is 1. The number of aromatic nitrogens is 1. The predicted molar refractivity (Wildman–Crippen MR) is 148 cm³/mol. The lowest BCUT2D eigenvalue weighted by atomic mass is 10.00. The number of carboxylic acid groups (broad SMARTS) is 1. The fourth-order valence-corrected chi connectivity index (χ4v) is 4.78. The minimum atomic E-state index is -1.20. The molecule has 0 aliphatic rings. The van der Waals surface area contributed by atoms with Crippen LogP contribution >= 0.6 is 0 Å². The van der Waals surface area contributed by atoms with Crippen molar-refractivity contribution in [3.63, 3.8) is 0 Å². The molecule has 0 spiro atoms. The van der Waals surface area contributed by atoms with Gasteiger partial charge in [0.25, 0.3) is 5.91 Å². The molecule has 39 heavy (non-hydrogen) atoms. The van der Waals surface area contributed by atoms with Crippen molar-refractivity contribution >= 4 is 28.7 Å². The highest BCUT2D eigenvalue weighted by atomic mass is 16.4. The molecular weight excluding hydrogens is 492 g/mol. The summed E-state index contributed by atoms with van der Waals surface area (Å²) >= 11 is 0. The van der Waals surface area contributed by atoms with E-state index in [2.05, 4.69) is 16.4 Å². The Hall–Kier alpha value is -4.90. The Bertz CT molecular complexity index is 1550. The number of carbonyl (C=O) groups excluding carboxylic acids is 2. The average molecular weight is 523 g/mol. The number of likely N-dealkylation sites (N-methyl/N-ethyl adjacent to an activating group) is 1. The zero-order valence-corrected chi connectivity index (χ0v) is 22.1. The third-order valence-electron chi connectivity index (χ3n) is 6.78. The molecule has 0 saturated heterocycles. The zero-order valence-electron chi connectivity index (χ0n) is 22.1. The second-order valence-corrected chi connectivity index (χ2v) is 9.78. The van der Waals surface area contributed by atoms with Crippen LogP contribution < -0.4 is 5.32 Å². The van der Waals surface area contributed by atoms with Crippen molar-refractivity contribution in [2.24, 2.45) is 0 Å². The molecule has 8 heteroatoms. The first-order valence-electron chi connectivity index (χ1n) is 12.6. The van der Waals surface area contributed by atoms with Gasteiger partial charge >= 0.3 is 5.97 Å². The van der Waals surface area contributed by atoms with E-state index in [1.54, 1.807) is 49.6 Å². The number of nitrogens with one attached hydrogen (secondary N) is 2. The molecule has 4 aromatic rings. The maximum Gasteiger partial charge on any atom is 0.326 e. The van der Waals surface area contributed by atoms with Crippen LogP contribution in [0.15, 0.2) is 72.9 Å². The van der Waals surface area contributed by atoms with E-state index in [1.165, 1.54) is 4.90 Å². The molecule has 8 nitrogen and oxygen atoms in total. The number of nitriles is 1. The molecule has 0 radical (unpaired) electrons. The summed E-state index contributed by atoms with van der Waals surface area (Å²) in [6.45, 7) is 3.79. The lowest BCUT2D eigenvalue weighted by molar-refractivity contribution is -0.142. The number of fused-ring (bicyclic) bond motifs is 1. The van der Waals surface area contributed by atoms with Gasteiger partial charge in [0.15, 0.2) is 0 Å². The van der Waals surface area contributed by atoms with Crippen molar-refractivity contribution in [1.82, 2.24) is 15.2 Å². The van der Waals surface area contributed by atoms with E-state index in [0.29, 0.717) is 11.1 Å². The molecule has 1 aromatic heterocycles. The topological polar surface area (TPSA) is 126 Å². The number of hydrogen-bond donors (Lipinski definition) is 3. The fourth-order valence-electron chi connectivity index (χ4n) is 4.78. The zero-order chi connectivity index (χ0) is 28.1. The van der Waals surface area contributed by atoms with Gasteiger partial charge in [0.1, 0.15) is 12.1 Å². The van der Waals surface area contributed by atoms with Crippen LogP contribution in [0.4, 0.5) is 0 Å². The number of H-pyrrole nitrogens is 1. The van der Waals surface area contributed by atoms with Gasteiger partial charge in [0.05, 0.1) is 11.6 Å². The van der Waals surface area contributed by atoms with E-state index in [4.69, 9.17) is 5.26 Å². The van der Waals surface area contributed by atoms with Crippen LogP contribution in [0.5, 0.6) is 0 Å². The average Bonchev–Trinajstić information content (AvgIpc) is 3.33. The van der Waals surface area contributed by atoms with E-state index in [9.17, 15) is 19.5 Å². The Morgan fingerprint density at radius 1 is 1.00 bits per heavy atom. The molecule has 4 rings (SSSR count). The van der Waals surface area contributed by atoms with Crippen molar-refractivity contribution in [1.29, 1.82) is 5.26 Å². The number of aromatic amines is 1. The highest BCUT2D eigenvalue weighted by molar-refractivity contribution is 5.98. The molecule has 0 aliphatic heterocycles. The van der Waals surface area contributed by atoms with E-state index in [-0.39, 0.29) is 18.7 Å². The Balaban J connectivity index is 1.62. The number of hydrogen-bond acceptors (Lipinski definition) is 4. The Morgan fingerprint density at radius 3 is 2.31 bits per heavy atom. The molecule has 2 amide bonds. The predicted octanol–water partition coefficient (Wildman–Crippen LogP) is 4.15. The molecule has 0 saturated carbocycles. The van der Waals surface area contributed by atoms with Crippen LogP contribution in [-0.4, -0.2) is 51.9 Å². The number of rotatable bonds is 9. The molecule has 198 valence electrons. The number of nitrogens with zero attached hydrogens (tertiary/aromatic N) is 2. The van der Waals surface area contributed by atoms with E-state index in [0.717, 1.165) is 33.2 Å². The summed E-state index contributed by atoms with van der Waals surface area (Å²) in [5.41, 5.74) is 5.14. The van der Waals surface area contributed by atoms with Crippen molar-refractivity contribution in [2.45, 2.75) is 38.8 Å². The van der Waals surface area contributed by atoms with Crippen LogP contribution in [0, 0.1) is 25.2 Å². The minimum Gasteiger partial charge on any atom is -0.480 e. The van der Waals surface area contributed by atoms with Crippen molar-refractivity contribution in [3.8, 4) is 6.07 Å². The third-order valence-corrected chi connectivity index (χ3v) is 6.78. The minimum absolute atomic E-state index is 0.0728. The summed E-state index contributed by atoms with van der Waals surface area (Å²) in [5.74, 6) is -2.10. The maximum atomic E-state index is 13.7. The number of aryl methyl sites for hydroxylation is 2. The van der Waals surface area contributed by atoms with E-state index >= 15 is 0 Å². The first-order valence-corrected chi connectivity index (χ1v) is 12.6. The van der Waals surface area contributed by atoms with Crippen LogP contribution in [-0.2, 0) is 22.4 Å². The lowest BCUT2D eigenvalue weighted by Crippen LogP contribution is -2.53. The molecule has 0 fully saturated rings. The molecule has 0 unspecified atom stereocenters. The van der Waals surface area contributed by atoms with Crippen molar-refractivity contribution in [2.75, 3.05) is 7.05 Å². The normalized spacial score (nSPS) is 12.4. The summed E-state index contributed by atoms with van der Waals surface area (Å²) in [6.07, 6.45) is 1.96. The number of amides is 2. The Labute approximate surface area is 226 Å². The summed E-state index contributed by atoms with van der Waals surface area (Å²) in [6, 6.07) is 19.7. The standard InChI is InChI=1S/C31H30N4O4/c1-19-12-20(2)14-23(13-19)30(37)35(3)28(15-21-8-10-22(17-32)11-9-21)29(36)34-27(31(38)39)16-24-18-33-26-7-5-4-6-25(24)26/h4-14,18,27-28,33H,15-16H2,1-3H3,(H,34,36)(H,38,39)/t27-,28-/m0/s1. The summed E-state index contributed by atoms with van der Waals surface area (Å²) in [4.78, 5) is 43.8. The van der Waals surface area contributed by atoms with Crippen molar-refractivity contribution < 1.29 is 19.5 Å². The number of carbonyl (C=O) groups is 3. The van der Waals surface area contributed by atoms with Gasteiger partial charge < -0.3 is 20.3 Å². The molecule has 2 atom stereocenters. The summed E-state index contributed by atoms with van der Waals surface area (Å²) in [5, 5.41) is 22.7.